The van der Waals surface area contributed by atoms with Crippen LogP contribution in [0.1, 0.15) is 5.56 Å². The number of ether oxygens (including phenoxy) is 2. The molecule has 1 N–H and O–H groups in total. The van der Waals surface area contributed by atoms with Gasteiger partial charge in [-0.1, -0.05) is 29.8 Å². The maximum atomic E-state index is 11.4. The molecule has 6 heteroatoms. The van der Waals surface area contributed by atoms with E-state index in [1.807, 2.05) is 24.3 Å². The molecule has 2 rings (SSSR count). The molecule has 4 nitrogen and oxygen atoms in total. The molecule has 1 aliphatic heterocycles. The molecule has 0 fully saturated rings. The van der Waals surface area contributed by atoms with Gasteiger partial charge in [0.2, 0.25) is 6.29 Å². The number of hydrogen-bond donors (Lipinski definition) is 1. The molecule has 0 aliphatic carbocycles. The highest BCUT2D eigenvalue weighted by molar-refractivity contribution is 9.12. The highest BCUT2D eigenvalue weighted by Gasteiger charge is 2.32. The van der Waals surface area contributed by atoms with E-state index in [0.29, 0.717) is 21.7 Å². The highest BCUT2D eigenvalue weighted by atomic mass is 79.9. The van der Waals surface area contributed by atoms with E-state index < -0.39 is 12.3 Å². The van der Waals surface area contributed by atoms with E-state index >= 15 is 0 Å². The predicted octanol–water partition coefficient (Wildman–Crippen LogP) is 2.57. The third-order valence-electron chi connectivity index (χ3n) is 2.51. The number of benzene rings is 1. The van der Waals surface area contributed by atoms with Crippen molar-refractivity contribution in [3.05, 3.63) is 45.0 Å². The molecule has 0 radical (unpaired) electrons. The van der Waals surface area contributed by atoms with Crippen LogP contribution in [0.5, 0.6) is 0 Å². The summed E-state index contributed by atoms with van der Waals surface area (Å²) in [5.74, 6) is -0.441. The number of methoxy groups -OCH3 is 1. The molecule has 1 aromatic carbocycles. The van der Waals surface area contributed by atoms with Crippen LogP contribution < -0.4 is 5.32 Å². The molecule has 0 saturated heterocycles. The van der Waals surface area contributed by atoms with Gasteiger partial charge in [-0.3, -0.25) is 0 Å². The smallest absolute Gasteiger partial charge is 0.349 e. The van der Waals surface area contributed by atoms with Crippen LogP contribution in [0.2, 0.25) is 5.02 Å². The van der Waals surface area contributed by atoms with Gasteiger partial charge >= 0.3 is 5.97 Å². The third kappa shape index (κ3) is 2.68. The van der Waals surface area contributed by atoms with Gasteiger partial charge in [0.25, 0.3) is 0 Å². The normalized spacial score (nSPS) is 19.1. The zero-order valence-corrected chi connectivity index (χ0v) is 11.9. The van der Waals surface area contributed by atoms with Crippen molar-refractivity contribution in [2.45, 2.75) is 12.8 Å². The fourth-order valence-electron chi connectivity index (χ4n) is 1.58. The summed E-state index contributed by atoms with van der Waals surface area (Å²) in [6, 6.07) is 7.48. The van der Waals surface area contributed by atoms with Crippen molar-refractivity contribution in [1.82, 2.24) is 5.32 Å². The zero-order valence-electron chi connectivity index (χ0n) is 9.57. The highest BCUT2D eigenvalue weighted by Crippen LogP contribution is 2.26. The van der Waals surface area contributed by atoms with E-state index in [9.17, 15) is 4.79 Å². The Morgan fingerprint density at radius 1 is 1.50 bits per heavy atom. The van der Waals surface area contributed by atoms with Crippen molar-refractivity contribution < 1.29 is 14.3 Å². The lowest BCUT2D eigenvalue weighted by atomic mass is 10.2. The Balaban J connectivity index is 2.10. The van der Waals surface area contributed by atoms with Crippen LogP contribution in [0.3, 0.4) is 0 Å². The number of halogens is 2. The van der Waals surface area contributed by atoms with E-state index in [2.05, 4.69) is 21.2 Å². The lowest BCUT2D eigenvalue weighted by Crippen LogP contribution is -2.24. The Hall–Kier alpha value is -1.04. The van der Waals surface area contributed by atoms with E-state index in [-0.39, 0.29) is 0 Å². The average Bonchev–Trinajstić information content (AvgIpc) is 2.65. The van der Waals surface area contributed by atoms with Gasteiger partial charge in [-0.15, -0.1) is 0 Å². The Morgan fingerprint density at radius 2 is 2.22 bits per heavy atom. The van der Waals surface area contributed by atoms with Gasteiger partial charge in [0.05, 0.1) is 0 Å². The maximum absolute atomic E-state index is 11.4. The Labute approximate surface area is 118 Å². The fraction of sp³-hybridized carbons (Fsp3) is 0.250. The first-order valence-corrected chi connectivity index (χ1v) is 6.41. The minimum atomic E-state index is -0.700. The molecule has 1 heterocycles. The number of rotatable bonds is 4. The molecule has 0 amide bonds. The largest absolute Gasteiger partial charge is 0.426 e. The Bertz CT molecular complexity index is 504. The molecular formula is C12H11BrClNO3. The first-order chi connectivity index (χ1) is 8.63. The fourth-order valence-corrected chi connectivity index (χ4v) is 2.20. The summed E-state index contributed by atoms with van der Waals surface area (Å²) in [6.45, 7) is 0.487. The molecule has 1 atom stereocenters. The van der Waals surface area contributed by atoms with E-state index in [1.165, 1.54) is 7.11 Å². The van der Waals surface area contributed by atoms with Gasteiger partial charge in [-0.25, -0.2) is 4.79 Å². The average molecular weight is 333 g/mol. The van der Waals surface area contributed by atoms with Crippen molar-refractivity contribution in [3.8, 4) is 0 Å². The van der Waals surface area contributed by atoms with Crippen molar-refractivity contribution >= 4 is 33.5 Å². The molecule has 1 aliphatic rings. The summed E-state index contributed by atoms with van der Waals surface area (Å²) in [5.41, 5.74) is 1.50. The number of carbonyl (C=O) groups excluding carboxylic acids is 1. The van der Waals surface area contributed by atoms with E-state index in [0.717, 1.165) is 5.56 Å². The second-order valence-corrected chi connectivity index (χ2v) is 4.85. The van der Waals surface area contributed by atoms with Crippen LogP contribution in [0.25, 0.3) is 0 Å². The maximum Gasteiger partial charge on any atom is 0.349 e. The lowest BCUT2D eigenvalue weighted by Gasteiger charge is -2.14. The quantitative estimate of drug-likeness (QED) is 0.861. The van der Waals surface area contributed by atoms with E-state index in [1.54, 1.807) is 0 Å². The van der Waals surface area contributed by atoms with Crippen LogP contribution in [-0.4, -0.2) is 19.4 Å². The zero-order chi connectivity index (χ0) is 13.1. The molecule has 96 valence electrons. The first kappa shape index (κ1) is 13.4. The summed E-state index contributed by atoms with van der Waals surface area (Å²) < 4.78 is 10.4. The van der Waals surface area contributed by atoms with Gasteiger partial charge in [0.15, 0.2) is 0 Å². The minimum Gasteiger partial charge on any atom is -0.426 e. The summed E-state index contributed by atoms with van der Waals surface area (Å²) in [6.07, 6.45) is -0.700. The number of cyclic esters (lactones) is 1. The lowest BCUT2D eigenvalue weighted by molar-refractivity contribution is -0.155. The molecule has 0 bridgehead atoms. The molecule has 0 saturated carbocycles. The molecule has 0 unspecified atom stereocenters. The van der Waals surface area contributed by atoms with Crippen molar-refractivity contribution in [1.29, 1.82) is 0 Å². The Kier molecular flexibility index (Phi) is 4.27. The van der Waals surface area contributed by atoms with Gasteiger partial charge in [0.1, 0.15) is 10.2 Å². The Morgan fingerprint density at radius 3 is 2.89 bits per heavy atom. The molecule has 18 heavy (non-hydrogen) atoms. The van der Waals surface area contributed by atoms with Gasteiger partial charge < -0.3 is 14.8 Å². The first-order valence-electron chi connectivity index (χ1n) is 5.24. The van der Waals surface area contributed by atoms with Crippen molar-refractivity contribution in [2.75, 3.05) is 7.11 Å². The van der Waals surface area contributed by atoms with E-state index in [4.69, 9.17) is 21.1 Å². The summed E-state index contributed by atoms with van der Waals surface area (Å²) in [7, 11) is 1.47. The summed E-state index contributed by atoms with van der Waals surface area (Å²) in [4.78, 5) is 11.4. The number of carbonyl (C=O) groups is 1. The number of nitrogens with one attached hydrogen (secondary N) is 1. The number of esters is 1. The van der Waals surface area contributed by atoms with Crippen molar-refractivity contribution in [3.63, 3.8) is 0 Å². The number of hydrogen-bond acceptors (Lipinski definition) is 4. The molecular weight excluding hydrogens is 321 g/mol. The molecule has 0 aromatic heterocycles. The third-order valence-corrected chi connectivity index (χ3v) is 3.63. The second kappa shape index (κ2) is 5.73. The van der Waals surface area contributed by atoms with Gasteiger partial charge in [-0.2, -0.15) is 0 Å². The van der Waals surface area contributed by atoms with Crippen LogP contribution in [-0.2, 0) is 20.8 Å². The second-order valence-electron chi connectivity index (χ2n) is 3.65. The summed E-state index contributed by atoms with van der Waals surface area (Å²) in [5, 5.41) is 3.76. The van der Waals surface area contributed by atoms with Crippen LogP contribution in [0.15, 0.2) is 34.4 Å². The van der Waals surface area contributed by atoms with Gasteiger partial charge in [-0.05, 0) is 27.6 Å². The molecule has 0 spiro atoms. The molecule has 1 aromatic rings. The summed E-state index contributed by atoms with van der Waals surface area (Å²) >= 11 is 9.22. The van der Waals surface area contributed by atoms with Gasteiger partial charge in [0, 0.05) is 18.7 Å². The standard InChI is InChI=1S/C12H11BrClNO3/c1-17-12-10(9(13)11(16)18-12)15-6-7-4-2-3-5-8(7)14/h2-5,12,15H,6H2,1H3/t12-/m1/s1. The topological polar surface area (TPSA) is 47.6 Å². The van der Waals surface area contributed by atoms with Crippen LogP contribution in [0, 0.1) is 0 Å². The van der Waals surface area contributed by atoms with Crippen LogP contribution >= 0.6 is 27.5 Å². The SMILES string of the molecule is CO[C@@H]1OC(=O)C(Br)=C1NCc1ccccc1Cl. The predicted molar refractivity (Wildman–Crippen MR) is 71.1 cm³/mol. The van der Waals surface area contributed by atoms with Crippen molar-refractivity contribution in [2.24, 2.45) is 0 Å². The minimum absolute atomic E-state index is 0.349. The van der Waals surface area contributed by atoms with Crippen LogP contribution in [0.4, 0.5) is 0 Å². The monoisotopic (exact) mass is 331 g/mol.